The number of pyridine rings is 1. The van der Waals surface area contributed by atoms with Gasteiger partial charge in [-0.25, -0.2) is 4.98 Å². The lowest BCUT2D eigenvalue weighted by atomic mass is 10.1. The molecule has 0 radical (unpaired) electrons. The van der Waals surface area contributed by atoms with Gasteiger partial charge in [-0.3, -0.25) is 0 Å². The fourth-order valence-corrected chi connectivity index (χ4v) is 3.02. The van der Waals surface area contributed by atoms with Crippen molar-refractivity contribution in [2.75, 3.05) is 25.1 Å². The number of fused-ring (bicyclic) bond motifs is 1. The number of ether oxygens (including phenoxy) is 1. The Morgan fingerprint density at radius 1 is 1.47 bits per heavy atom. The molecular weight excluding hydrogens is 232 g/mol. The van der Waals surface area contributed by atoms with Crippen LogP contribution in [0.1, 0.15) is 12.8 Å². The molecular formula is C13H16N2OS. The molecule has 0 saturated carbocycles. The van der Waals surface area contributed by atoms with Gasteiger partial charge in [-0.15, -0.1) is 11.3 Å². The maximum absolute atomic E-state index is 5.38. The largest absolute Gasteiger partial charge is 0.381 e. The van der Waals surface area contributed by atoms with Gasteiger partial charge in [-0.05, 0) is 36.3 Å². The van der Waals surface area contributed by atoms with Gasteiger partial charge in [0.25, 0.3) is 0 Å². The van der Waals surface area contributed by atoms with E-state index in [2.05, 4.69) is 27.8 Å². The fourth-order valence-electron chi connectivity index (χ4n) is 2.24. The van der Waals surface area contributed by atoms with Gasteiger partial charge in [0.1, 0.15) is 5.82 Å². The zero-order chi connectivity index (χ0) is 11.5. The van der Waals surface area contributed by atoms with E-state index < -0.39 is 0 Å². The third-order valence-electron chi connectivity index (χ3n) is 3.25. The minimum absolute atomic E-state index is 0.726. The minimum atomic E-state index is 0.726. The number of nitrogens with one attached hydrogen (secondary N) is 1. The Kier molecular flexibility index (Phi) is 3.25. The number of nitrogens with zero attached hydrogens (tertiary/aromatic N) is 1. The summed E-state index contributed by atoms with van der Waals surface area (Å²) in [6.07, 6.45) is 4.25. The summed E-state index contributed by atoms with van der Waals surface area (Å²) in [5.41, 5.74) is 0. The smallest absolute Gasteiger partial charge is 0.134 e. The van der Waals surface area contributed by atoms with Crippen LogP contribution in [0.3, 0.4) is 0 Å². The van der Waals surface area contributed by atoms with E-state index in [1.165, 1.54) is 22.9 Å². The highest BCUT2D eigenvalue weighted by Gasteiger charge is 2.15. The van der Waals surface area contributed by atoms with Crippen LogP contribution in [-0.2, 0) is 4.74 Å². The molecule has 0 aromatic carbocycles. The maximum atomic E-state index is 5.38. The lowest BCUT2D eigenvalue weighted by molar-refractivity contribution is 0.185. The van der Waals surface area contributed by atoms with E-state index >= 15 is 0 Å². The Bertz CT molecular complexity index is 491. The van der Waals surface area contributed by atoms with E-state index in [0.717, 1.165) is 31.5 Å². The number of hydrogen-bond donors (Lipinski definition) is 1. The molecule has 17 heavy (non-hydrogen) atoms. The molecule has 4 heteroatoms. The predicted molar refractivity (Wildman–Crippen MR) is 71.7 cm³/mol. The average molecular weight is 248 g/mol. The first-order chi connectivity index (χ1) is 8.43. The van der Waals surface area contributed by atoms with Gasteiger partial charge in [-0.1, -0.05) is 0 Å². The van der Waals surface area contributed by atoms with Crippen LogP contribution in [0.5, 0.6) is 0 Å². The highest BCUT2D eigenvalue weighted by Crippen LogP contribution is 2.26. The van der Waals surface area contributed by atoms with Crippen molar-refractivity contribution < 1.29 is 4.74 Å². The monoisotopic (exact) mass is 248 g/mol. The van der Waals surface area contributed by atoms with Gasteiger partial charge >= 0.3 is 0 Å². The van der Waals surface area contributed by atoms with Gasteiger partial charge in [0.05, 0.1) is 0 Å². The molecule has 1 aliphatic heterocycles. The average Bonchev–Trinajstić information content (AvgIpc) is 2.99. The summed E-state index contributed by atoms with van der Waals surface area (Å²) < 4.78 is 6.67. The molecule has 1 atom stereocenters. The van der Waals surface area contributed by atoms with Crippen molar-refractivity contribution in [3.05, 3.63) is 23.7 Å². The Balaban J connectivity index is 1.62. The van der Waals surface area contributed by atoms with Crippen molar-refractivity contribution >= 4 is 27.2 Å². The van der Waals surface area contributed by atoms with E-state index in [4.69, 9.17) is 4.74 Å². The molecule has 1 unspecified atom stereocenters. The molecule has 3 heterocycles. The molecule has 2 aromatic heterocycles. The maximum Gasteiger partial charge on any atom is 0.134 e. The quantitative estimate of drug-likeness (QED) is 0.902. The van der Waals surface area contributed by atoms with Crippen LogP contribution in [0.2, 0.25) is 0 Å². The Hall–Kier alpha value is -1.13. The van der Waals surface area contributed by atoms with E-state index in [0.29, 0.717) is 0 Å². The van der Waals surface area contributed by atoms with Crippen molar-refractivity contribution in [3.8, 4) is 0 Å². The normalized spacial score (nSPS) is 19.9. The van der Waals surface area contributed by atoms with Crippen molar-refractivity contribution in [1.29, 1.82) is 0 Å². The third kappa shape index (κ3) is 2.42. The number of anilines is 1. The van der Waals surface area contributed by atoms with Gasteiger partial charge in [0, 0.05) is 36.0 Å². The molecule has 1 N–H and O–H groups in total. The van der Waals surface area contributed by atoms with E-state index in [1.807, 2.05) is 6.20 Å². The molecule has 3 nitrogen and oxygen atoms in total. The van der Waals surface area contributed by atoms with Crippen molar-refractivity contribution in [2.24, 2.45) is 5.92 Å². The summed E-state index contributed by atoms with van der Waals surface area (Å²) in [6.45, 7) is 2.84. The van der Waals surface area contributed by atoms with Gasteiger partial charge < -0.3 is 10.1 Å². The lowest BCUT2D eigenvalue weighted by Crippen LogP contribution is -2.09. The zero-order valence-corrected chi connectivity index (χ0v) is 10.5. The number of thiophene rings is 1. The van der Waals surface area contributed by atoms with Crippen LogP contribution in [-0.4, -0.2) is 24.7 Å². The zero-order valence-electron chi connectivity index (χ0n) is 9.69. The minimum Gasteiger partial charge on any atom is -0.381 e. The molecule has 1 fully saturated rings. The number of hydrogen-bond acceptors (Lipinski definition) is 4. The molecule has 0 aliphatic carbocycles. The molecule has 1 aliphatic rings. The summed E-state index contributed by atoms with van der Waals surface area (Å²) in [6, 6.07) is 4.20. The van der Waals surface area contributed by atoms with Crippen LogP contribution < -0.4 is 5.32 Å². The first kappa shape index (κ1) is 11.0. The molecule has 90 valence electrons. The highest BCUT2D eigenvalue weighted by molar-refractivity contribution is 7.17. The molecule has 3 rings (SSSR count). The highest BCUT2D eigenvalue weighted by atomic mass is 32.1. The SMILES string of the molecule is c1cc2sccc2c(NCCC2CCOC2)n1. The van der Waals surface area contributed by atoms with E-state index in [9.17, 15) is 0 Å². The van der Waals surface area contributed by atoms with Crippen molar-refractivity contribution in [3.63, 3.8) is 0 Å². The Morgan fingerprint density at radius 2 is 2.47 bits per heavy atom. The van der Waals surface area contributed by atoms with Crippen LogP contribution in [0.25, 0.3) is 10.1 Å². The topological polar surface area (TPSA) is 34.1 Å². The predicted octanol–water partition coefficient (Wildman–Crippen LogP) is 3.13. The Labute approximate surface area is 105 Å². The summed E-state index contributed by atoms with van der Waals surface area (Å²) in [4.78, 5) is 4.41. The van der Waals surface area contributed by atoms with Gasteiger partial charge in [-0.2, -0.15) is 0 Å². The first-order valence-electron chi connectivity index (χ1n) is 6.07. The Morgan fingerprint density at radius 3 is 3.35 bits per heavy atom. The van der Waals surface area contributed by atoms with E-state index in [-0.39, 0.29) is 0 Å². The standard InChI is InChI=1S/C13H16N2OS/c1(10-3-7-16-9-10)5-14-13-11-4-8-17-12(11)2-6-15-13/h2,4,6,8,10H,1,3,5,7,9H2,(H,14,15). The van der Waals surface area contributed by atoms with Crippen molar-refractivity contribution in [2.45, 2.75) is 12.8 Å². The molecule has 2 aromatic rings. The molecule has 0 amide bonds. The third-order valence-corrected chi connectivity index (χ3v) is 4.13. The lowest BCUT2D eigenvalue weighted by Gasteiger charge is -2.09. The summed E-state index contributed by atoms with van der Waals surface area (Å²) in [5, 5.41) is 6.79. The van der Waals surface area contributed by atoms with Crippen LogP contribution in [0.4, 0.5) is 5.82 Å². The van der Waals surface area contributed by atoms with Crippen LogP contribution >= 0.6 is 11.3 Å². The van der Waals surface area contributed by atoms with E-state index in [1.54, 1.807) is 11.3 Å². The first-order valence-corrected chi connectivity index (χ1v) is 6.95. The second-order valence-corrected chi connectivity index (χ2v) is 5.38. The number of rotatable bonds is 4. The molecule has 0 spiro atoms. The van der Waals surface area contributed by atoms with Gasteiger partial charge in [0.15, 0.2) is 0 Å². The fraction of sp³-hybridized carbons (Fsp3) is 0.462. The molecule has 0 bridgehead atoms. The van der Waals surface area contributed by atoms with Crippen LogP contribution in [0.15, 0.2) is 23.7 Å². The summed E-state index contributed by atoms with van der Waals surface area (Å²) >= 11 is 1.76. The second-order valence-electron chi connectivity index (χ2n) is 4.44. The summed E-state index contributed by atoms with van der Waals surface area (Å²) in [7, 11) is 0. The van der Waals surface area contributed by atoms with Crippen molar-refractivity contribution in [1.82, 2.24) is 4.98 Å². The van der Waals surface area contributed by atoms with Gasteiger partial charge in [0.2, 0.25) is 0 Å². The summed E-state index contributed by atoms with van der Waals surface area (Å²) in [5.74, 6) is 1.74. The molecule has 1 saturated heterocycles. The second kappa shape index (κ2) is 5.02. The van der Waals surface area contributed by atoms with Crippen LogP contribution in [0, 0.1) is 5.92 Å². The number of aromatic nitrogens is 1.